The average Bonchev–Trinajstić information content (AvgIpc) is 3.22. The van der Waals surface area contributed by atoms with Crippen molar-refractivity contribution in [2.45, 2.75) is 37.6 Å². The van der Waals surface area contributed by atoms with Crippen molar-refractivity contribution in [3.05, 3.63) is 35.4 Å². The van der Waals surface area contributed by atoms with Crippen molar-refractivity contribution in [1.82, 2.24) is 10.6 Å². The van der Waals surface area contributed by atoms with Crippen molar-refractivity contribution in [3.8, 4) is 0 Å². The van der Waals surface area contributed by atoms with Crippen LogP contribution < -0.4 is 10.6 Å². The van der Waals surface area contributed by atoms with E-state index < -0.39 is 9.84 Å². The second kappa shape index (κ2) is 6.15. The van der Waals surface area contributed by atoms with Crippen molar-refractivity contribution in [2.24, 2.45) is 4.99 Å². The van der Waals surface area contributed by atoms with Crippen molar-refractivity contribution in [2.75, 3.05) is 25.1 Å². The lowest BCUT2D eigenvalue weighted by atomic mass is 9.92. The second-order valence-electron chi connectivity index (χ2n) is 6.77. The summed E-state index contributed by atoms with van der Waals surface area (Å²) in [5, 5.41) is 6.64. The first kappa shape index (κ1) is 16.3. The van der Waals surface area contributed by atoms with Crippen molar-refractivity contribution >= 4 is 15.8 Å². The van der Waals surface area contributed by atoms with Gasteiger partial charge in [0.2, 0.25) is 0 Å². The topological polar surface area (TPSA) is 70.6 Å². The van der Waals surface area contributed by atoms with Crippen LogP contribution in [0.5, 0.6) is 0 Å². The molecule has 2 fully saturated rings. The van der Waals surface area contributed by atoms with Crippen LogP contribution in [0.1, 0.15) is 30.4 Å². The highest BCUT2D eigenvalue weighted by Crippen LogP contribution is 2.48. The molecule has 23 heavy (non-hydrogen) atoms. The number of hydrogen-bond donors (Lipinski definition) is 2. The molecular formula is C17H25N3O2S. The summed E-state index contributed by atoms with van der Waals surface area (Å²) >= 11 is 0. The van der Waals surface area contributed by atoms with Gasteiger partial charge in [-0.2, -0.15) is 0 Å². The third-order valence-corrected chi connectivity index (χ3v) is 6.73. The summed E-state index contributed by atoms with van der Waals surface area (Å²) in [4.78, 5) is 4.25. The molecule has 1 atom stereocenters. The van der Waals surface area contributed by atoms with E-state index in [1.165, 1.54) is 24.0 Å². The molecule has 1 unspecified atom stereocenters. The van der Waals surface area contributed by atoms with Gasteiger partial charge >= 0.3 is 0 Å². The third-order valence-electron chi connectivity index (χ3n) is 4.96. The number of hydrogen-bond acceptors (Lipinski definition) is 3. The van der Waals surface area contributed by atoms with Crippen molar-refractivity contribution in [1.29, 1.82) is 0 Å². The maximum Gasteiger partial charge on any atom is 0.191 e. The van der Waals surface area contributed by atoms with Crippen LogP contribution in [0, 0.1) is 6.92 Å². The maximum absolute atomic E-state index is 11.6. The largest absolute Gasteiger partial charge is 0.356 e. The molecule has 1 aromatic carbocycles. The van der Waals surface area contributed by atoms with Crippen LogP contribution >= 0.6 is 0 Å². The quantitative estimate of drug-likeness (QED) is 0.644. The highest BCUT2D eigenvalue weighted by atomic mass is 32.2. The predicted molar refractivity (Wildman–Crippen MR) is 93.6 cm³/mol. The van der Waals surface area contributed by atoms with E-state index in [0.29, 0.717) is 12.4 Å². The summed E-state index contributed by atoms with van der Waals surface area (Å²) in [5.74, 6) is 1.18. The van der Waals surface area contributed by atoms with Gasteiger partial charge < -0.3 is 10.6 Å². The Bertz CT molecular complexity index is 708. The Morgan fingerprint density at radius 2 is 2.09 bits per heavy atom. The van der Waals surface area contributed by atoms with Gasteiger partial charge in [-0.3, -0.25) is 4.99 Å². The molecule has 0 aromatic heterocycles. The molecule has 6 heteroatoms. The van der Waals surface area contributed by atoms with E-state index in [0.717, 1.165) is 6.54 Å². The van der Waals surface area contributed by atoms with Gasteiger partial charge in [-0.15, -0.1) is 0 Å². The van der Waals surface area contributed by atoms with E-state index in [1.54, 1.807) is 7.05 Å². The zero-order chi connectivity index (χ0) is 16.5. The summed E-state index contributed by atoms with van der Waals surface area (Å²) in [6.45, 7) is 2.99. The summed E-state index contributed by atoms with van der Waals surface area (Å²) in [5.41, 5.74) is 2.94. The Balaban J connectivity index is 1.60. The molecule has 1 aromatic rings. The molecule has 2 aliphatic rings. The fourth-order valence-corrected chi connectivity index (χ4v) is 5.08. The van der Waals surface area contributed by atoms with Crippen LogP contribution in [0.25, 0.3) is 0 Å². The summed E-state index contributed by atoms with van der Waals surface area (Å²) in [6, 6.07) is 8.51. The van der Waals surface area contributed by atoms with Gasteiger partial charge in [0.15, 0.2) is 15.8 Å². The van der Waals surface area contributed by atoms with Crippen molar-refractivity contribution in [3.63, 3.8) is 0 Å². The molecule has 1 aliphatic heterocycles. The minimum absolute atomic E-state index is 0.0279. The molecule has 1 heterocycles. The Kier molecular flexibility index (Phi) is 4.36. The van der Waals surface area contributed by atoms with E-state index in [4.69, 9.17) is 0 Å². The smallest absolute Gasteiger partial charge is 0.191 e. The zero-order valence-electron chi connectivity index (χ0n) is 13.8. The molecule has 0 bridgehead atoms. The first-order valence-corrected chi connectivity index (χ1v) is 10.00. The molecule has 0 radical (unpaired) electrons. The molecule has 5 nitrogen and oxygen atoms in total. The summed E-state index contributed by atoms with van der Waals surface area (Å²) in [7, 11) is -1.15. The number of nitrogens with zero attached hydrogens (tertiary/aromatic N) is 1. The molecular weight excluding hydrogens is 310 g/mol. The summed E-state index contributed by atoms with van der Waals surface area (Å²) < 4.78 is 23.1. The first-order chi connectivity index (χ1) is 10.9. The van der Waals surface area contributed by atoms with E-state index in [2.05, 4.69) is 46.8 Å². The predicted octanol–water partition coefficient (Wildman–Crippen LogP) is 1.38. The van der Waals surface area contributed by atoms with Gasteiger partial charge in [0.1, 0.15) is 0 Å². The number of aryl methyl sites for hydroxylation is 1. The van der Waals surface area contributed by atoms with Gasteiger partial charge in [0.05, 0.1) is 11.5 Å². The fourth-order valence-electron chi connectivity index (χ4n) is 3.41. The van der Waals surface area contributed by atoms with Gasteiger partial charge in [0.25, 0.3) is 0 Å². The standard InChI is InChI=1S/C17H25N3O2S/c1-13-5-3-4-6-15(13)17(8-9-17)12-19-16(18-2)20-14-7-10-23(21,22)11-14/h3-6,14H,7-12H2,1-2H3,(H2,18,19,20). The lowest BCUT2D eigenvalue weighted by Crippen LogP contribution is -2.46. The van der Waals surface area contributed by atoms with Crippen molar-refractivity contribution < 1.29 is 8.42 Å². The highest BCUT2D eigenvalue weighted by molar-refractivity contribution is 7.91. The second-order valence-corrected chi connectivity index (χ2v) is 8.99. The van der Waals surface area contributed by atoms with Crippen LogP contribution in [-0.4, -0.2) is 45.5 Å². The fraction of sp³-hybridized carbons (Fsp3) is 0.588. The first-order valence-electron chi connectivity index (χ1n) is 8.18. The van der Waals surface area contributed by atoms with E-state index in [1.807, 2.05) is 0 Å². The van der Waals surface area contributed by atoms with E-state index >= 15 is 0 Å². The van der Waals surface area contributed by atoms with Crippen LogP contribution in [0.2, 0.25) is 0 Å². The molecule has 2 N–H and O–H groups in total. The highest BCUT2D eigenvalue weighted by Gasteiger charge is 2.45. The minimum atomic E-state index is -2.87. The maximum atomic E-state index is 11.6. The van der Waals surface area contributed by atoms with Crippen LogP contribution in [-0.2, 0) is 15.3 Å². The molecule has 1 aliphatic carbocycles. The Labute approximate surface area is 138 Å². The molecule has 0 amide bonds. The number of sulfone groups is 1. The zero-order valence-corrected chi connectivity index (χ0v) is 14.6. The van der Waals surface area contributed by atoms with Gasteiger partial charge in [-0.05, 0) is 37.3 Å². The number of benzene rings is 1. The molecule has 0 spiro atoms. The third kappa shape index (κ3) is 3.68. The lowest BCUT2D eigenvalue weighted by molar-refractivity contribution is 0.597. The number of rotatable bonds is 4. The van der Waals surface area contributed by atoms with Gasteiger partial charge in [-0.25, -0.2) is 8.42 Å². The van der Waals surface area contributed by atoms with E-state index in [9.17, 15) is 8.42 Å². The SMILES string of the molecule is CN=C(NCC1(c2ccccc2C)CC1)NC1CCS(=O)(=O)C1. The Morgan fingerprint density at radius 1 is 1.35 bits per heavy atom. The minimum Gasteiger partial charge on any atom is -0.356 e. The average molecular weight is 335 g/mol. The Hall–Kier alpha value is -1.56. The van der Waals surface area contributed by atoms with Crippen LogP contribution in [0.3, 0.4) is 0 Å². The molecule has 126 valence electrons. The van der Waals surface area contributed by atoms with Crippen LogP contribution in [0.15, 0.2) is 29.3 Å². The van der Waals surface area contributed by atoms with Gasteiger partial charge in [-0.1, -0.05) is 24.3 Å². The molecule has 3 rings (SSSR count). The Morgan fingerprint density at radius 3 is 2.65 bits per heavy atom. The van der Waals surface area contributed by atoms with E-state index in [-0.39, 0.29) is 23.0 Å². The number of guanidine groups is 1. The number of nitrogens with one attached hydrogen (secondary N) is 2. The normalized spacial score (nSPS) is 25.1. The summed E-state index contributed by atoms with van der Waals surface area (Å²) in [6.07, 6.45) is 3.02. The van der Waals surface area contributed by atoms with Gasteiger partial charge in [0, 0.05) is 25.0 Å². The monoisotopic (exact) mass is 335 g/mol. The number of aliphatic imine (C=N–C) groups is 1. The lowest BCUT2D eigenvalue weighted by Gasteiger charge is -2.22. The molecule has 1 saturated heterocycles. The van der Waals surface area contributed by atoms with Crippen LogP contribution in [0.4, 0.5) is 0 Å². The molecule has 1 saturated carbocycles.